The van der Waals surface area contributed by atoms with E-state index in [1.807, 2.05) is 36.0 Å². The van der Waals surface area contributed by atoms with Crippen LogP contribution in [0.2, 0.25) is 0 Å². The first kappa shape index (κ1) is 21.7. The van der Waals surface area contributed by atoms with E-state index in [0.717, 1.165) is 33.0 Å². The zero-order chi connectivity index (χ0) is 22.8. The lowest BCUT2D eigenvalue weighted by molar-refractivity contribution is 1.10. The van der Waals surface area contributed by atoms with Crippen molar-refractivity contribution in [1.29, 1.82) is 0 Å². The molecular weight excluding hydrogens is 442 g/mol. The molecule has 0 amide bonds. The summed E-state index contributed by atoms with van der Waals surface area (Å²) in [7, 11) is 0. The van der Waals surface area contributed by atoms with Crippen LogP contribution in [-0.2, 0) is 12.8 Å². The van der Waals surface area contributed by atoms with E-state index in [4.69, 9.17) is 0 Å². The molecule has 0 aliphatic carbocycles. The molecule has 0 spiro atoms. The van der Waals surface area contributed by atoms with Crippen LogP contribution in [0.5, 0.6) is 0 Å². The molecule has 33 heavy (non-hydrogen) atoms. The third-order valence-corrected chi connectivity index (χ3v) is 8.28. The summed E-state index contributed by atoms with van der Waals surface area (Å²) in [5, 5.41) is 5.15. The maximum atomic E-state index is 12.6. The third-order valence-electron chi connectivity index (χ3n) is 5.87. The van der Waals surface area contributed by atoms with E-state index in [1.54, 1.807) is 11.3 Å². The lowest BCUT2D eigenvalue weighted by atomic mass is 10.0. The van der Waals surface area contributed by atoms with Crippen molar-refractivity contribution in [3.63, 3.8) is 0 Å². The number of para-hydroxylation sites is 2. The van der Waals surface area contributed by atoms with Gasteiger partial charge in [-0.05, 0) is 66.4 Å². The summed E-state index contributed by atoms with van der Waals surface area (Å²) in [4.78, 5) is 15.2. The van der Waals surface area contributed by atoms with Gasteiger partial charge in [0.05, 0.1) is 11.4 Å². The molecule has 1 N–H and O–H groups in total. The molecule has 0 fully saturated rings. The molecule has 2 nitrogen and oxygen atoms in total. The van der Waals surface area contributed by atoms with Gasteiger partial charge in [0.1, 0.15) is 0 Å². The third kappa shape index (κ3) is 4.29. The summed E-state index contributed by atoms with van der Waals surface area (Å²) >= 11 is 3.56. The number of aryl methyl sites for hydroxylation is 2. The minimum Gasteiger partial charge on any atom is -0.354 e. The van der Waals surface area contributed by atoms with E-state index in [9.17, 15) is 4.79 Å². The van der Waals surface area contributed by atoms with E-state index in [0.29, 0.717) is 0 Å². The summed E-state index contributed by atoms with van der Waals surface area (Å²) in [6.07, 6.45) is 1.94. The zero-order valence-corrected chi connectivity index (χ0v) is 20.4. The first-order valence-corrected chi connectivity index (χ1v) is 12.9. The number of anilines is 2. The van der Waals surface area contributed by atoms with Crippen molar-refractivity contribution in [3.05, 3.63) is 106 Å². The Morgan fingerprint density at radius 2 is 1.36 bits per heavy atom. The van der Waals surface area contributed by atoms with Gasteiger partial charge >= 0.3 is 0 Å². The SMILES string of the molecule is CCc1cc(CC)c2sc3ccccc3c(=O)c2c1.c1ccc2c(c1)Nc1ccccc1S2. The van der Waals surface area contributed by atoms with Gasteiger partial charge in [0.25, 0.3) is 0 Å². The Balaban J connectivity index is 0.000000144. The minimum atomic E-state index is 0.175. The van der Waals surface area contributed by atoms with Crippen LogP contribution in [0.4, 0.5) is 11.4 Å². The number of hydrogen-bond acceptors (Lipinski definition) is 4. The number of hydrogen-bond donors (Lipinski definition) is 1. The number of benzene rings is 4. The smallest absolute Gasteiger partial charge is 0.195 e. The van der Waals surface area contributed by atoms with Crippen LogP contribution in [0.1, 0.15) is 25.0 Å². The summed E-state index contributed by atoms with van der Waals surface area (Å²) < 4.78 is 2.24. The van der Waals surface area contributed by atoms with Crippen LogP contribution in [0.15, 0.2) is 99.5 Å². The van der Waals surface area contributed by atoms with E-state index >= 15 is 0 Å². The molecule has 5 aromatic rings. The predicted octanol–water partition coefficient (Wildman–Crippen LogP) is 8.43. The summed E-state index contributed by atoms with van der Waals surface area (Å²) in [5.41, 5.74) is 5.13. The van der Waals surface area contributed by atoms with Gasteiger partial charge in [0.2, 0.25) is 0 Å². The Kier molecular flexibility index (Phi) is 6.21. The Labute approximate surface area is 202 Å². The molecule has 0 unspecified atom stereocenters. The fraction of sp³-hybridized carbons (Fsp3) is 0.138. The number of rotatable bonds is 2. The Hall–Kier alpha value is -3.08. The fourth-order valence-electron chi connectivity index (χ4n) is 4.09. The Bertz CT molecular complexity index is 1430. The Morgan fingerprint density at radius 3 is 2.03 bits per heavy atom. The minimum absolute atomic E-state index is 0.175. The fourth-order valence-corrected chi connectivity index (χ4v) is 6.31. The van der Waals surface area contributed by atoms with E-state index in [2.05, 4.69) is 79.8 Å². The molecule has 6 rings (SSSR count). The summed E-state index contributed by atoms with van der Waals surface area (Å²) in [6.45, 7) is 4.29. The van der Waals surface area contributed by atoms with Crippen LogP contribution in [0.3, 0.4) is 0 Å². The standard InChI is InChI=1S/C17H16OS.C12H9NS/c1-3-11-9-12(4-2)17-14(10-11)16(18)13-7-5-6-8-15(13)19-17;1-3-7-11-9(5-1)13-10-6-2-4-8-12(10)14-11/h5-10H,3-4H2,1-2H3;1-8,13H. The van der Waals surface area contributed by atoms with Gasteiger partial charge in [-0.2, -0.15) is 0 Å². The molecule has 1 aliphatic heterocycles. The van der Waals surface area contributed by atoms with Crippen LogP contribution < -0.4 is 10.7 Å². The largest absolute Gasteiger partial charge is 0.354 e. The highest BCUT2D eigenvalue weighted by atomic mass is 32.2. The normalized spacial score (nSPS) is 11.8. The van der Waals surface area contributed by atoms with E-state index in [1.165, 1.54) is 32.3 Å². The van der Waals surface area contributed by atoms with E-state index < -0.39 is 0 Å². The second kappa shape index (κ2) is 9.42. The summed E-state index contributed by atoms with van der Waals surface area (Å²) in [6, 6.07) is 29.0. The molecule has 0 radical (unpaired) electrons. The molecular formula is C29H25NOS2. The van der Waals surface area contributed by atoms with Crippen molar-refractivity contribution in [3.8, 4) is 0 Å². The maximum Gasteiger partial charge on any atom is 0.195 e. The highest BCUT2D eigenvalue weighted by Crippen LogP contribution is 2.43. The second-order valence-corrected chi connectivity index (χ2v) is 10.1. The molecule has 0 saturated carbocycles. The highest BCUT2D eigenvalue weighted by Gasteiger charge is 2.13. The van der Waals surface area contributed by atoms with Crippen LogP contribution >= 0.6 is 23.1 Å². The van der Waals surface area contributed by atoms with Crippen molar-refractivity contribution in [2.24, 2.45) is 0 Å². The van der Waals surface area contributed by atoms with Crippen LogP contribution in [0, 0.1) is 0 Å². The van der Waals surface area contributed by atoms with Crippen LogP contribution in [-0.4, -0.2) is 0 Å². The molecule has 1 aliphatic rings. The van der Waals surface area contributed by atoms with E-state index in [-0.39, 0.29) is 5.43 Å². The highest BCUT2D eigenvalue weighted by molar-refractivity contribution is 7.99. The average Bonchev–Trinajstić information content (AvgIpc) is 2.87. The molecule has 0 atom stereocenters. The zero-order valence-electron chi connectivity index (χ0n) is 18.7. The Morgan fingerprint density at radius 1 is 0.727 bits per heavy atom. The maximum absolute atomic E-state index is 12.6. The lowest BCUT2D eigenvalue weighted by Gasteiger charge is -2.19. The van der Waals surface area contributed by atoms with Gasteiger partial charge in [-0.25, -0.2) is 0 Å². The molecule has 0 saturated heterocycles. The average molecular weight is 468 g/mol. The van der Waals surface area contributed by atoms with Crippen molar-refractivity contribution in [2.45, 2.75) is 36.5 Å². The summed E-state index contributed by atoms with van der Waals surface area (Å²) in [5.74, 6) is 0. The topological polar surface area (TPSA) is 29.1 Å². The number of fused-ring (bicyclic) bond motifs is 4. The molecule has 2 heterocycles. The molecule has 0 bridgehead atoms. The van der Waals surface area contributed by atoms with Gasteiger partial charge in [-0.1, -0.05) is 68.1 Å². The second-order valence-electron chi connectivity index (χ2n) is 7.99. The van der Waals surface area contributed by atoms with Gasteiger partial charge < -0.3 is 5.32 Å². The van der Waals surface area contributed by atoms with Gasteiger partial charge in [-0.15, -0.1) is 11.3 Å². The van der Waals surface area contributed by atoms with Crippen molar-refractivity contribution in [1.82, 2.24) is 0 Å². The molecule has 164 valence electrons. The first-order chi connectivity index (χ1) is 16.2. The monoisotopic (exact) mass is 467 g/mol. The molecule has 4 aromatic carbocycles. The van der Waals surface area contributed by atoms with Gasteiger partial charge in [-0.3, -0.25) is 4.79 Å². The number of nitrogens with one attached hydrogen (secondary N) is 1. The van der Waals surface area contributed by atoms with Gasteiger partial charge in [0.15, 0.2) is 5.43 Å². The lowest BCUT2D eigenvalue weighted by Crippen LogP contribution is -2.03. The van der Waals surface area contributed by atoms with Crippen molar-refractivity contribution >= 4 is 54.6 Å². The molecule has 4 heteroatoms. The predicted molar refractivity (Wildman–Crippen MR) is 145 cm³/mol. The van der Waals surface area contributed by atoms with Crippen molar-refractivity contribution in [2.75, 3.05) is 5.32 Å². The quantitative estimate of drug-likeness (QED) is 0.259. The van der Waals surface area contributed by atoms with Gasteiger partial charge in [0, 0.05) is 30.0 Å². The van der Waals surface area contributed by atoms with Crippen LogP contribution in [0.25, 0.3) is 20.2 Å². The van der Waals surface area contributed by atoms with Crippen molar-refractivity contribution < 1.29 is 0 Å². The molecule has 1 aromatic heterocycles. The first-order valence-electron chi connectivity index (χ1n) is 11.3.